The molecule has 1 aromatic heterocycles. The van der Waals surface area contributed by atoms with Gasteiger partial charge in [-0.15, -0.1) is 0 Å². The van der Waals surface area contributed by atoms with Gasteiger partial charge in [0.05, 0.1) is 0 Å². The van der Waals surface area contributed by atoms with Crippen molar-refractivity contribution in [2.45, 2.75) is 0 Å². The summed E-state index contributed by atoms with van der Waals surface area (Å²) in [6.45, 7) is 0. The van der Waals surface area contributed by atoms with Crippen LogP contribution < -0.4 is 4.90 Å². The molecule has 2 nitrogen and oxygen atoms in total. The minimum atomic E-state index is 0.904. The van der Waals surface area contributed by atoms with Crippen molar-refractivity contribution in [2.75, 3.05) is 4.90 Å². The average Bonchev–Trinajstić information content (AvgIpc) is 3.54. The Labute approximate surface area is 279 Å². The highest BCUT2D eigenvalue weighted by molar-refractivity contribution is 6.06. The highest BCUT2D eigenvalue weighted by atomic mass is 16.3. The lowest BCUT2D eigenvalue weighted by molar-refractivity contribution is 0.669. The molecule has 0 aliphatic heterocycles. The van der Waals surface area contributed by atoms with E-state index in [0.29, 0.717) is 0 Å². The van der Waals surface area contributed by atoms with Gasteiger partial charge in [-0.25, -0.2) is 0 Å². The molecule has 48 heavy (non-hydrogen) atoms. The number of nitrogens with zero attached hydrogens (tertiary/aromatic N) is 1. The Hall–Kier alpha value is -6.38. The Morgan fingerprint density at radius 1 is 0.292 bits per heavy atom. The quantitative estimate of drug-likeness (QED) is 0.185. The van der Waals surface area contributed by atoms with Gasteiger partial charge in [0.15, 0.2) is 0 Å². The second-order valence-corrected chi connectivity index (χ2v) is 12.2. The zero-order valence-corrected chi connectivity index (χ0v) is 26.3. The zero-order chi connectivity index (χ0) is 31.9. The summed E-state index contributed by atoms with van der Waals surface area (Å²) >= 11 is 0. The summed E-state index contributed by atoms with van der Waals surface area (Å²) in [5.74, 6) is 0. The van der Waals surface area contributed by atoms with Crippen molar-refractivity contribution in [2.24, 2.45) is 0 Å². The molecule has 0 aliphatic rings. The standard InChI is InChI=1S/C46H31NO/c1-2-10-32(11-3-1)34-22-25-40(26-23-34)47(41-16-8-14-36(29-41)38-21-20-33-12-4-5-13-35(33)28-38)42-17-9-15-37(30-42)39-24-27-46-44(31-39)43-18-6-7-19-45(43)48-46/h1-31H. The van der Waals surface area contributed by atoms with Crippen LogP contribution in [-0.4, -0.2) is 0 Å². The predicted molar refractivity (Wildman–Crippen MR) is 202 cm³/mol. The Kier molecular flexibility index (Phi) is 6.84. The Morgan fingerprint density at radius 3 is 1.60 bits per heavy atom. The summed E-state index contributed by atoms with van der Waals surface area (Å²) in [6.07, 6.45) is 0. The van der Waals surface area contributed by atoms with Crippen molar-refractivity contribution in [1.82, 2.24) is 0 Å². The molecule has 226 valence electrons. The average molecular weight is 614 g/mol. The summed E-state index contributed by atoms with van der Waals surface area (Å²) in [6, 6.07) is 67.1. The maximum atomic E-state index is 6.13. The van der Waals surface area contributed by atoms with Crippen molar-refractivity contribution in [3.05, 3.63) is 188 Å². The monoisotopic (exact) mass is 613 g/mol. The Bertz CT molecular complexity index is 2560. The number of benzene rings is 8. The molecule has 1 heterocycles. The van der Waals surface area contributed by atoms with Crippen LogP contribution in [0.4, 0.5) is 17.1 Å². The SMILES string of the molecule is c1ccc(-c2ccc(N(c3cccc(-c4ccc5ccccc5c4)c3)c3cccc(-c4ccc5oc6ccccc6c5c4)c3)cc2)cc1. The van der Waals surface area contributed by atoms with Crippen molar-refractivity contribution in [1.29, 1.82) is 0 Å². The molecule has 0 atom stereocenters. The smallest absolute Gasteiger partial charge is 0.135 e. The van der Waals surface area contributed by atoms with E-state index in [1.165, 1.54) is 33.0 Å². The van der Waals surface area contributed by atoms with E-state index in [0.717, 1.165) is 50.1 Å². The van der Waals surface area contributed by atoms with Gasteiger partial charge >= 0.3 is 0 Å². The summed E-state index contributed by atoms with van der Waals surface area (Å²) < 4.78 is 6.13. The third-order valence-electron chi connectivity index (χ3n) is 9.23. The molecule has 0 bridgehead atoms. The second kappa shape index (κ2) is 11.8. The first-order chi connectivity index (χ1) is 23.8. The van der Waals surface area contributed by atoms with E-state index in [1.54, 1.807) is 0 Å². The van der Waals surface area contributed by atoms with Crippen LogP contribution in [0, 0.1) is 0 Å². The maximum Gasteiger partial charge on any atom is 0.135 e. The molecule has 8 aromatic carbocycles. The molecular weight excluding hydrogens is 583 g/mol. The zero-order valence-electron chi connectivity index (χ0n) is 26.3. The molecule has 9 aromatic rings. The highest BCUT2D eigenvalue weighted by Gasteiger charge is 2.16. The van der Waals surface area contributed by atoms with Crippen LogP contribution in [0.2, 0.25) is 0 Å². The van der Waals surface area contributed by atoms with E-state index in [-0.39, 0.29) is 0 Å². The molecule has 0 radical (unpaired) electrons. The number of hydrogen-bond donors (Lipinski definition) is 0. The number of para-hydroxylation sites is 1. The Morgan fingerprint density at radius 2 is 0.833 bits per heavy atom. The lowest BCUT2D eigenvalue weighted by Crippen LogP contribution is -2.10. The maximum absolute atomic E-state index is 6.13. The van der Waals surface area contributed by atoms with E-state index < -0.39 is 0 Å². The molecule has 0 saturated heterocycles. The van der Waals surface area contributed by atoms with Gasteiger partial charge in [0.2, 0.25) is 0 Å². The second-order valence-electron chi connectivity index (χ2n) is 12.2. The van der Waals surface area contributed by atoms with Crippen molar-refractivity contribution < 1.29 is 4.42 Å². The van der Waals surface area contributed by atoms with Crippen LogP contribution in [0.5, 0.6) is 0 Å². The molecule has 0 unspecified atom stereocenters. The van der Waals surface area contributed by atoms with Gasteiger partial charge < -0.3 is 9.32 Å². The summed E-state index contributed by atoms with van der Waals surface area (Å²) in [4.78, 5) is 2.36. The number of fused-ring (bicyclic) bond motifs is 4. The summed E-state index contributed by atoms with van der Waals surface area (Å²) in [5.41, 5.74) is 12.2. The van der Waals surface area contributed by atoms with Gasteiger partial charge in [-0.3, -0.25) is 0 Å². The van der Waals surface area contributed by atoms with Crippen LogP contribution >= 0.6 is 0 Å². The van der Waals surface area contributed by atoms with Crippen LogP contribution in [-0.2, 0) is 0 Å². The molecule has 9 rings (SSSR count). The van der Waals surface area contributed by atoms with Crippen LogP contribution in [0.3, 0.4) is 0 Å². The van der Waals surface area contributed by atoms with E-state index in [4.69, 9.17) is 4.42 Å². The normalized spacial score (nSPS) is 11.3. The van der Waals surface area contributed by atoms with Gasteiger partial charge in [-0.2, -0.15) is 0 Å². The predicted octanol–water partition coefficient (Wildman–Crippen LogP) is 13.2. The molecule has 0 fully saturated rings. The van der Waals surface area contributed by atoms with Crippen LogP contribution in [0.1, 0.15) is 0 Å². The fraction of sp³-hybridized carbons (Fsp3) is 0. The van der Waals surface area contributed by atoms with E-state index in [2.05, 4.69) is 181 Å². The molecule has 0 saturated carbocycles. The van der Waals surface area contributed by atoms with E-state index >= 15 is 0 Å². The van der Waals surface area contributed by atoms with Crippen LogP contribution in [0.25, 0.3) is 66.1 Å². The number of anilines is 3. The first-order valence-electron chi connectivity index (χ1n) is 16.3. The topological polar surface area (TPSA) is 16.4 Å². The van der Waals surface area contributed by atoms with Gasteiger partial charge in [0.1, 0.15) is 11.2 Å². The summed E-state index contributed by atoms with van der Waals surface area (Å²) in [7, 11) is 0. The highest BCUT2D eigenvalue weighted by Crippen LogP contribution is 2.40. The Balaban J connectivity index is 1.16. The minimum absolute atomic E-state index is 0.904. The van der Waals surface area contributed by atoms with Crippen molar-refractivity contribution >= 4 is 49.8 Å². The third-order valence-corrected chi connectivity index (χ3v) is 9.23. The number of hydrogen-bond acceptors (Lipinski definition) is 2. The van der Waals surface area contributed by atoms with Gasteiger partial charge in [0, 0.05) is 27.8 Å². The van der Waals surface area contributed by atoms with Crippen LogP contribution in [0.15, 0.2) is 192 Å². The molecule has 0 spiro atoms. The van der Waals surface area contributed by atoms with Crippen molar-refractivity contribution in [3.8, 4) is 33.4 Å². The third kappa shape index (κ3) is 5.10. The number of furan rings is 1. The lowest BCUT2D eigenvalue weighted by atomic mass is 9.99. The fourth-order valence-corrected chi connectivity index (χ4v) is 6.80. The number of rotatable bonds is 6. The van der Waals surface area contributed by atoms with E-state index in [9.17, 15) is 0 Å². The summed E-state index contributed by atoms with van der Waals surface area (Å²) in [5, 5.41) is 4.75. The molecule has 0 N–H and O–H groups in total. The minimum Gasteiger partial charge on any atom is -0.456 e. The lowest BCUT2D eigenvalue weighted by Gasteiger charge is -2.27. The van der Waals surface area contributed by atoms with Gasteiger partial charge in [0.25, 0.3) is 0 Å². The molecule has 0 amide bonds. The van der Waals surface area contributed by atoms with Crippen molar-refractivity contribution in [3.63, 3.8) is 0 Å². The molecular formula is C46H31NO. The fourth-order valence-electron chi connectivity index (χ4n) is 6.80. The van der Waals surface area contributed by atoms with Gasteiger partial charge in [-0.1, -0.05) is 127 Å². The first-order valence-corrected chi connectivity index (χ1v) is 16.3. The van der Waals surface area contributed by atoms with Gasteiger partial charge in [-0.05, 0) is 105 Å². The van der Waals surface area contributed by atoms with E-state index in [1.807, 2.05) is 12.1 Å². The molecule has 0 aliphatic carbocycles. The first kappa shape index (κ1) is 27.9. The molecule has 2 heteroatoms. The largest absolute Gasteiger partial charge is 0.456 e.